The molecular weight excluding hydrogens is 256 g/mol. The Morgan fingerprint density at radius 1 is 1.37 bits per heavy atom. The Balaban J connectivity index is 1.91. The van der Waals surface area contributed by atoms with Gasteiger partial charge in [-0.3, -0.25) is 0 Å². The molecule has 4 heteroatoms. The molecule has 0 aliphatic heterocycles. The highest BCUT2D eigenvalue weighted by Crippen LogP contribution is 2.37. The van der Waals surface area contributed by atoms with Gasteiger partial charge in [-0.2, -0.15) is 0 Å². The molecule has 19 heavy (non-hydrogen) atoms. The van der Waals surface area contributed by atoms with E-state index in [0.29, 0.717) is 6.04 Å². The minimum Gasteiger partial charge on any atom is -0.379 e. The zero-order valence-corrected chi connectivity index (χ0v) is 13.0. The first-order chi connectivity index (χ1) is 9.13. The summed E-state index contributed by atoms with van der Waals surface area (Å²) in [6, 6.07) is 0.656. The number of methoxy groups -OCH3 is 1. The Labute approximate surface area is 119 Å². The maximum Gasteiger partial charge on any atom is 0.116 e. The Bertz CT molecular complexity index is 431. The maximum atomic E-state index is 5.63. The van der Waals surface area contributed by atoms with Crippen molar-refractivity contribution in [3.05, 3.63) is 15.6 Å². The molecule has 0 bridgehead atoms. The van der Waals surface area contributed by atoms with Gasteiger partial charge in [-0.1, -0.05) is 0 Å². The Morgan fingerprint density at radius 2 is 2.11 bits per heavy atom. The van der Waals surface area contributed by atoms with Gasteiger partial charge >= 0.3 is 0 Å². The molecule has 0 aromatic carbocycles. The van der Waals surface area contributed by atoms with Gasteiger partial charge in [0.2, 0.25) is 0 Å². The van der Waals surface area contributed by atoms with Crippen molar-refractivity contribution >= 4 is 11.3 Å². The number of nitrogens with one attached hydrogen (secondary N) is 1. The lowest BCUT2D eigenvalue weighted by Crippen LogP contribution is -2.49. The lowest BCUT2D eigenvalue weighted by atomic mass is 9.96. The van der Waals surface area contributed by atoms with Gasteiger partial charge in [0.05, 0.1) is 17.3 Å². The molecule has 2 aliphatic rings. The monoisotopic (exact) mass is 280 g/mol. The van der Waals surface area contributed by atoms with E-state index in [1.165, 1.54) is 47.7 Å². The van der Waals surface area contributed by atoms with Crippen LogP contribution in [0.5, 0.6) is 0 Å². The molecule has 1 fully saturated rings. The Morgan fingerprint density at radius 3 is 2.74 bits per heavy atom. The first kappa shape index (κ1) is 13.5. The highest BCUT2D eigenvalue weighted by molar-refractivity contribution is 7.11. The predicted molar refractivity (Wildman–Crippen MR) is 78.7 cm³/mol. The van der Waals surface area contributed by atoms with Crippen LogP contribution in [0.25, 0.3) is 0 Å². The number of thiazole rings is 1. The molecule has 2 unspecified atom stereocenters. The molecule has 1 aromatic heterocycles. The van der Waals surface area contributed by atoms with E-state index in [9.17, 15) is 0 Å². The number of rotatable bonds is 5. The standard InChI is InChI=1S/C15H24N2OS/c1-10(18-3)15(2,17-11-8-9-11)14-16-12-6-4-5-7-13(12)19-14/h10-11,17H,4-9H2,1-3H3. The van der Waals surface area contributed by atoms with Crippen LogP contribution in [0.3, 0.4) is 0 Å². The van der Waals surface area contributed by atoms with E-state index in [4.69, 9.17) is 9.72 Å². The average molecular weight is 280 g/mol. The smallest absolute Gasteiger partial charge is 0.116 e. The fourth-order valence-corrected chi connectivity index (χ4v) is 4.15. The molecule has 2 aliphatic carbocycles. The van der Waals surface area contributed by atoms with E-state index >= 15 is 0 Å². The summed E-state index contributed by atoms with van der Waals surface area (Å²) in [6.45, 7) is 4.40. The second-order valence-electron chi connectivity index (χ2n) is 6.09. The Hall–Kier alpha value is -0.450. The molecule has 1 N–H and O–H groups in total. The number of aryl methyl sites for hydroxylation is 2. The minimum atomic E-state index is -0.141. The second kappa shape index (κ2) is 5.15. The largest absolute Gasteiger partial charge is 0.379 e. The zero-order chi connectivity index (χ0) is 13.5. The fourth-order valence-electron chi connectivity index (χ4n) is 2.81. The van der Waals surface area contributed by atoms with E-state index < -0.39 is 0 Å². The summed E-state index contributed by atoms with van der Waals surface area (Å²) in [5.74, 6) is 0. The summed E-state index contributed by atoms with van der Waals surface area (Å²) in [7, 11) is 1.80. The fraction of sp³-hybridized carbons (Fsp3) is 0.800. The summed E-state index contributed by atoms with van der Waals surface area (Å²) in [5, 5.41) is 4.99. The van der Waals surface area contributed by atoms with Gasteiger partial charge in [-0.25, -0.2) is 4.98 Å². The van der Waals surface area contributed by atoms with Gasteiger partial charge in [0.15, 0.2) is 0 Å². The topological polar surface area (TPSA) is 34.1 Å². The van der Waals surface area contributed by atoms with Gasteiger partial charge in [0, 0.05) is 18.0 Å². The van der Waals surface area contributed by atoms with Gasteiger partial charge in [0.25, 0.3) is 0 Å². The maximum absolute atomic E-state index is 5.63. The predicted octanol–water partition coefficient (Wildman–Crippen LogP) is 3.02. The van der Waals surface area contributed by atoms with Crippen molar-refractivity contribution in [2.24, 2.45) is 0 Å². The van der Waals surface area contributed by atoms with E-state index in [0.717, 1.165) is 6.42 Å². The van der Waals surface area contributed by atoms with Crippen LogP contribution in [0.1, 0.15) is 55.1 Å². The molecule has 1 heterocycles. The number of hydrogen-bond donors (Lipinski definition) is 1. The van der Waals surface area contributed by atoms with Crippen LogP contribution in [0.4, 0.5) is 0 Å². The van der Waals surface area contributed by atoms with Gasteiger partial charge in [-0.05, 0) is 52.4 Å². The Kier molecular flexibility index (Phi) is 3.67. The van der Waals surface area contributed by atoms with Gasteiger partial charge < -0.3 is 10.1 Å². The third kappa shape index (κ3) is 2.58. The van der Waals surface area contributed by atoms with Crippen molar-refractivity contribution in [3.8, 4) is 0 Å². The van der Waals surface area contributed by atoms with Crippen LogP contribution < -0.4 is 5.32 Å². The molecule has 106 valence electrons. The number of aromatic nitrogens is 1. The molecule has 3 nitrogen and oxygen atoms in total. The third-order valence-corrected chi connectivity index (χ3v) is 5.93. The van der Waals surface area contributed by atoms with Crippen LogP contribution in [-0.2, 0) is 23.1 Å². The number of nitrogens with zero attached hydrogens (tertiary/aromatic N) is 1. The lowest BCUT2D eigenvalue weighted by molar-refractivity contribution is 0.0349. The summed E-state index contributed by atoms with van der Waals surface area (Å²) < 4.78 is 5.63. The molecular formula is C15H24N2OS. The highest BCUT2D eigenvalue weighted by Gasteiger charge is 2.41. The van der Waals surface area contributed by atoms with E-state index in [2.05, 4.69) is 19.2 Å². The molecule has 1 saturated carbocycles. The average Bonchev–Trinajstić information content (AvgIpc) is 3.11. The van der Waals surface area contributed by atoms with Crippen molar-refractivity contribution in [2.45, 2.75) is 70.1 Å². The summed E-state index contributed by atoms with van der Waals surface area (Å²) in [5.41, 5.74) is 1.20. The number of fused-ring (bicyclic) bond motifs is 1. The van der Waals surface area contributed by atoms with Crippen LogP contribution in [0.2, 0.25) is 0 Å². The van der Waals surface area contributed by atoms with Crippen LogP contribution in [0.15, 0.2) is 0 Å². The molecule has 2 atom stereocenters. The summed E-state index contributed by atoms with van der Waals surface area (Å²) in [4.78, 5) is 6.46. The number of hydrogen-bond acceptors (Lipinski definition) is 4. The van der Waals surface area contributed by atoms with Gasteiger partial charge in [0.1, 0.15) is 5.01 Å². The highest BCUT2D eigenvalue weighted by atomic mass is 32.1. The number of ether oxygens (including phenoxy) is 1. The van der Waals surface area contributed by atoms with Crippen molar-refractivity contribution in [2.75, 3.05) is 7.11 Å². The van der Waals surface area contributed by atoms with Crippen LogP contribution in [0, 0.1) is 0 Å². The van der Waals surface area contributed by atoms with E-state index in [-0.39, 0.29) is 11.6 Å². The summed E-state index contributed by atoms with van der Waals surface area (Å²) in [6.07, 6.45) is 7.71. The quantitative estimate of drug-likeness (QED) is 0.900. The molecule has 1 aromatic rings. The van der Waals surface area contributed by atoms with Gasteiger partial charge in [-0.15, -0.1) is 11.3 Å². The minimum absolute atomic E-state index is 0.140. The molecule has 3 rings (SSSR count). The van der Waals surface area contributed by atoms with Crippen molar-refractivity contribution < 1.29 is 4.74 Å². The van der Waals surface area contributed by atoms with Crippen molar-refractivity contribution in [3.63, 3.8) is 0 Å². The van der Waals surface area contributed by atoms with Crippen LogP contribution in [-0.4, -0.2) is 24.2 Å². The molecule has 0 radical (unpaired) electrons. The van der Waals surface area contributed by atoms with E-state index in [1.807, 2.05) is 11.3 Å². The third-order valence-electron chi connectivity index (χ3n) is 4.54. The lowest BCUT2D eigenvalue weighted by Gasteiger charge is -2.34. The van der Waals surface area contributed by atoms with E-state index in [1.54, 1.807) is 7.11 Å². The zero-order valence-electron chi connectivity index (χ0n) is 12.2. The van der Waals surface area contributed by atoms with Crippen LogP contribution >= 0.6 is 11.3 Å². The molecule has 0 amide bonds. The molecule has 0 spiro atoms. The normalized spacial score (nSPS) is 23.7. The van der Waals surface area contributed by atoms with Crippen molar-refractivity contribution in [1.29, 1.82) is 0 Å². The first-order valence-corrected chi connectivity index (χ1v) is 8.24. The second-order valence-corrected chi connectivity index (χ2v) is 7.18. The SMILES string of the molecule is COC(C)C(C)(NC1CC1)c1nc2c(s1)CCCC2. The van der Waals surface area contributed by atoms with Crippen molar-refractivity contribution in [1.82, 2.24) is 10.3 Å². The summed E-state index contributed by atoms with van der Waals surface area (Å²) >= 11 is 1.90. The first-order valence-electron chi connectivity index (χ1n) is 7.43. The molecule has 0 saturated heterocycles.